The molecule has 0 bridgehead atoms. The summed E-state index contributed by atoms with van der Waals surface area (Å²) in [7, 11) is 0. The van der Waals surface area contributed by atoms with E-state index >= 15 is 0 Å². The maximum atomic E-state index is 12.6. The normalized spacial score (nSPS) is 13.9. The molecule has 5 nitrogen and oxygen atoms in total. The standard InChI is InChI=1S/C27H30N2O3/c30-26(13-7-10-22-8-3-1-4-9-22)28-18-20-29(21-19-28)27(31)17-15-24-14-16-25(32-24)23-11-5-2-6-12-23/h1-6,8-9,11-12,14,16H,7,10,13,15,17-21H2. The van der Waals surface area contributed by atoms with Crippen LogP contribution in [0.2, 0.25) is 0 Å². The summed E-state index contributed by atoms with van der Waals surface area (Å²) in [5, 5.41) is 0. The Hall–Kier alpha value is -3.34. The van der Waals surface area contributed by atoms with Gasteiger partial charge in [0.2, 0.25) is 11.8 Å². The molecule has 0 radical (unpaired) electrons. The van der Waals surface area contributed by atoms with E-state index in [0.29, 0.717) is 45.4 Å². The Balaban J connectivity index is 1.17. The van der Waals surface area contributed by atoms with Crippen LogP contribution >= 0.6 is 0 Å². The Morgan fingerprint density at radius 3 is 1.94 bits per heavy atom. The van der Waals surface area contributed by atoms with E-state index in [2.05, 4.69) is 12.1 Å². The lowest BCUT2D eigenvalue weighted by atomic mass is 10.1. The number of hydrogen-bond acceptors (Lipinski definition) is 3. The van der Waals surface area contributed by atoms with Gasteiger partial charge in [-0.25, -0.2) is 0 Å². The van der Waals surface area contributed by atoms with Gasteiger partial charge >= 0.3 is 0 Å². The van der Waals surface area contributed by atoms with E-state index in [0.717, 1.165) is 29.9 Å². The lowest BCUT2D eigenvalue weighted by molar-refractivity contribution is -0.139. The number of carbonyl (C=O) groups is 2. The van der Waals surface area contributed by atoms with Gasteiger partial charge in [-0.05, 0) is 30.5 Å². The Morgan fingerprint density at radius 2 is 1.28 bits per heavy atom. The molecular weight excluding hydrogens is 400 g/mol. The van der Waals surface area contributed by atoms with Crippen molar-refractivity contribution in [2.75, 3.05) is 26.2 Å². The third-order valence-electron chi connectivity index (χ3n) is 5.99. The zero-order valence-electron chi connectivity index (χ0n) is 18.4. The molecule has 2 aromatic carbocycles. The molecule has 1 aromatic heterocycles. The highest BCUT2D eigenvalue weighted by Gasteiger charge is 2.23. The first-order chi connectivity index (χ1) is 15.7. The number of furan rings is 1. The average Bonchev–Trinajstić information content (AvgIpc) is 3.33. The van der Waals surface area contributed by atoms with Gasteiger partial charge in [-0.2, -0.15) is 0 Å². The second kappa shape index (κ2) is 10.8. The fraction of sp³-hybridized carbons (Fsp3) is 0.333. The largest absolute Gasteiger partial charge is 0.461 e. The molecule has 1 aliphatic heterocycles. The molecule has 0 atom stereocenters. The second-order valence-corrected chi connectivity index (χ2v) is 8.23. The highest BCUT2D eigenvalue weighted by molar-refractivity contribution is 5.78. The lowest BCUT2D eigenvalue weighted by Gasteiger charge is -2.35. The molecule has 2 amide bonds. The number of aryl methyl sites for hydroxylation is 2. The number of amides is 2. The zero-order valence-corrected chi connectivity index (χ0v) is 18.4. The molecule has 1 saturated heterocycles. The number of benzene rings is 2. The first-order valence-electron chi connectivity index (χ1n) is 11.4. The quantitative estimate of drug-likeness (QED) is 0.526. The summed E-state index contributed by atoms with van der Waals surface area (Å²) < 4.78 is 5.90. The monoisotopic (exact) mass is 430 g/mol. The van der Waals surface area contributed by atoms with Gasteiger partial charge in [0.25, 0.3) is 0 Å². The molecule has 3 aromatic rings. The predicted molar refractivity (Wildman–Crippen MR) is 125 cm³/mol. The summed E-state index contributed by atoms with van der Waals surface area (Å²) in [5.74, 6) is 1.97. The molecule has 0 aliphatic carbocycles. The Morgan fingerprint density at radius 1 is 0.688 bits per heavy atom. The molecule has 166 valence electrons. The van der Waals surface area contributed by atoms with Crippen molar-refractivity contribution in [1.82, 2.24) is 9.80 Å². The van der Waals surface area contributed by atoms with E-state index in [4.69, 9.17) is 4.42 Å². The van der Waals surface area contributed by atoms with Crippen LogP contribution in [0.3, 0.4) is 0 Å². The van der Waals surface area contributed by atoms with E-state index in [1.807, 2.05) is 70.5 Å². The molecule has 1 fully saturated rings. The highest BCUT2D eigenvalue weighted by atomic mass is 16.3. The molecule has 32 heavy (non-hydrogen) atoms. The molecule has 5 heteroatoms. The van der Waals surface area contributed by atoms with Crippen molar-refractivity contribution < 1.29 is 14.0 Å². The third kappa shape index (κ3) is 5.88. The van der Waals surface area contributed by atoms with Crippen LogP contribution in [0.5, 0.6) is 0 Å². The summed E-state index contributed by atoms with van der Waals surface area (Å²) in [6.45, 7) is 2.46. The minimum absolute atomic E-state index is 0.124. The van der Waals surface area contributed by atoms with E-state index < -0.39 is 0 Å². The molecule has 4 rings (SSSR count). The molecule has 0 saturated carbocycles. The van der Waals surface area contributed by atoms with Gasteiger partial charge in [-0.15, -0.1) is 0 Å². The SMILES string of the molecule is O=C(CCCc1ccccc1)N1CCN(C(=O)CCc2ccc(-c3ccccc3)o2)CC1. The number of carbonyl (C=O) groups excluding carboxylic acids is 2. The van der Waals surface area contributed by atoms with E-state index in [1.165, 1.54) is 5.56 Å². The van der Waals surface area contributed by atoms with Gasteiger partial charge in [0.05, 0.1) is 0 Å². The van der Waals surface area contributed by atoms with Crippen molar-refractivity contribution in [2.45, 2.75) is 32.1 Å². The maximum Gasteiger partial charge on any atom is 0.223 e. The van der Waals surface area contributed by atoms with Crippen LogP contribution in [0, 0.1) is 0 Å². The van der Waals surface area contributed by atoms with Gasteiger partial charge in [-0.3, -0.25) is 9.59 Å². The van der Waals surface area contributed by atoms with E-state index in [-0.39, 0.29) is 11.8 Å². The number of hydrogen-bond donors (Lipinski definition) is 0. The number of rotatable bonds is 8. The summed E-state index contributed by atoms with van der Waals surface area (Å²) >= 11 is 0. The lowest BCUT2D eigenvalue weighted by Crippen LogP contribution is -2.50. The van der Waals surface area contributed by atoms with Gasteiger partial charge in [0.15, 0.2) is 0 Å². The molecule has 0 spiro atoms. The smallest absolute Gasteiger partial charge is 0.223 e. The van der Waals surface area contributed by atoms with E-state index in [9.17, 15) is 9.59 Å². The molecular formula is C27H30N2O3. The summed E-state index contributed by atoms with van der Waals surface area (Å²) in [6.07, 6.45) is 3.35. The van der Waals surface area contributed by atoms with Gasteiger partial charge in [0, 0.05) is 51.0 Å². The first kappa shape index (κ1) is 21.9. The van der Waals surface area contributed by atoms with Crippen molar-refractivity contribution >= 4 is 11.8 Å². The van der Waals surface area contributed by atoms with Crippen LogP contribution < -0.4 is 0 Å². The number of piperazine rings is 1. The topological polar surface area (TPSA) is 53.8 Å². The van der Waals surface area contributed by atoms with Gasteiger partial charge < -0.3 is 14.2 Å². The fourth-order valence-electron chi connectivity index (χ4n) is 4.11. The minimum atomic E-state index is 0.124. The van der Waals surface area contributed by atoms with Crippen LogP contribution in [0.25, 0.3) is 11.3 Å². The van der Waals surface area contributed by atoms with E-state index in [1.54, 1.807) is 0 Å². The van der Waals surface area contributed by atoms with Crippen molar-refractivity contribution in [2.24, 2.45) is 0 Å². The van der Waals surface area contributed by atoms with Crippen molar-refractivity contribution in [3.05, 3.63) is 84.1 Å². The second-order valence-electron chi connectivity index (χ2n) is 8.23. The van der Waals surface area contributed by atoms with Crippen molar-refractivity contribution in [3.63, 3.8) is 0 Å². The Bertz CT molecular complexity index is 1010. The Kier molecular flexibility index (Phi) is 7.38. The van der Waals surface area contributed by atoms with Crippen LogP contribution in [0.1, 0.15) is 30.6 Å². The van der Waals surface area contributed by atoms with Crippen LogP contribution in [-0.2, 0) is 22.4 Å². The third-order valence-corrected chi connectivity index (χ3v) is 5.99. The molecule has 2 heterocycles. The number of nitrogens with zero attached hydrogens (tertiary/aromatic N) is 2. The van der Waals surface area contributed by atoms with Gasteiger partial charge in [0.1, 0.15) is 11.5 Å². The fourth-order valence-corrected chi connectivity index (χ4v) is 4.11. The van der Waals surface area contributed by atoms with Gasteiger partial charge in [-0.1, -0.05) is 60.7 Å². The minimum Gasteiger partial charge on any atom is -0.461 e. The average molecular weight is 431 g/mol. The summed E-state index contributed by atoms with van der Waals surface area (Å²) in [6, 6.07) is 24.1. The van der Waals surface area contributed by atoms with Crippen LogP contribution in [0.4, 0.5) is 0 Å². The first-order valence-corrected chi connectivity index (χ1v) is 11.4. The van der Waals surface area contributed by atoms with Crippen molar-refractivity contribution in [1.29, 1.82) is 0 Å². The molecule has 0 unspecified atom stereocenters. The summed E-state index contributed by atoms with van der Waals surface area (Å²) in [4.78, 5) is 28.9. The Labute approximate surface area is 189 Å². The zero-order chi connectivity index (χ0) is 22.2. The van der Waals surface area contributed by atoms with Crippen LogP contribution in [-0.4, -0.2) is 47.8 Å². The van der Waals surface area contributed by atoms with Crippen molar-refractivity contribution in [3.8, 4) is 11.3 Å². The molecule has 0 N–H and O–H groups in total. The molecule has 1 aliphatic rings. The predicted octanol–water partition coefficient (Wildman–Crippen LogP) is 4.57. The highest BCUT2D eigenvalue weighted by Crippen LogP contribution is 2.22. The summed E-state index contributed by atoms with van der Waals surface area (Å²) in [5.41, 5.74) is 2.30. The maximum absolute atomic E-state index is 12.6. The van der Waals surface area contributed by atoms with Crippen LogP contribution in [0.15, 0.2) is 77.2 Å².